The lowest BCUT2D eigenvalue weighted by Crippen LogP contribution is -2.38. The Morgan fingerprint density at radius 3 is 2.45 bits per heavy atom. The van der Waals surface area contributed by atoms with Crippen LogP contribution in [0.5, 0.6) is 11.5 Å². The molecular formula is C12H14N2O6. The van der Waals surface area contributed by atoms with Crippen LogP contribution in [0.4, 0.5) is 4.79 Å². The summed E-state index contributed by atoms with van der Waals surface area (Å²) < 4.78 is 14.8. The third kappa shape index (κ3) is 4.16. The molecule has 0 heterocycles. The van der Waals surface area contributed by atoms with Crippen molar-refractivity contribution in [2.75, 3.05) is 20.8 Å². The molecule has 0 saturated heterocycles. The quantitative estimate of drug-likeness (QED) is 0.737. The molecule has 3 N–H and O–H groups in total. The number of urea groups is 1. The number of rotatable bonds is 5. The maximum Gasteiger partial charge on any atom is 0.337 e. The number of nitrogens with two attached hydrogens (primary N) is 1. The maximum absolute atomic E-state index is 11.3. The van der Waals surface area contributed by atoms with E-state index in [0.29, 0.717) is 0 Å². The number of imide groups is 1. The zero-order chi connectivity index (χ0) is 15.1. The molecule has 0 aromatic heterocycles. The predicted molar refractivity (Wildman–Crippen MR) is 67.6 cm³/mol. The Morgan fingerprint density at radius 2 is 1.90 bits per heavy atom. The number of amides is 3. The van der Waals surface area contributed by atoms with E-state index in [1.807, 2.05) is 5.32 Å². The van der Waals surface area contributed by atoms with E-state index in [9.17, 15) is 14.4 Å². The van der Waals surface area contributed by atoms with Crippen LogP contribution >= 0.6 is 0 Å². The van der Waals surface area contributed by atoms with Crippen molar-refractivity contribution < 1.29 is 28.6 Å². The first kappa shape index (κ1) is 15.3. The number of hydrogen-bond acceptors (Lipinski definition) is 6. The largest absolute Gasteiger partial charge is 0.493 e. The van der Waals surface area contributed by atoms with Gasteiger partial charge in [-0.15, -0.1) is 0 Å². The molecule has 0 aliphatic carbocycles. The molecule has 0 fully saturated rings. The van der Waals surface area contributed by atoms with Gasteiger partial charge >= 0.3 is 12.0 Å². The molecule has 0 aliphatic rings. The summed E-state index contributed by atoms with van der Waals surface area (Å²) in [6.07, 6.45) is 0. The first-order valence-electron chi connectivity index (χ1n) is 5.46. The van der Waals surface area contributed by atoms with E-state index in [4.69, 9.17) is 15.2 Å². The molecule has 0 radical (unpaired) electrons. The van der Waals surface area contributed by atoms with Crippen LogP contribution < -0.4 is 20.5 Å². The van der Waals surface area contributed by atoms with Crippen LogP contribution in [0.2, 0.25) is 0 Å². The van der Waals surface area contributed by atoms with Crippen molar-refractivity contribution in [1.82, 2.24) is 5.32 Å². The van der Waals surface area contributed by atoms with Crippen LogP contribution in [0.15, 0.2) is 18.2 Å². The molecule has 0 bridgehead atoms. The van der Waals surface area contributed by atoms with E-state index >= 15 is 0 Å². The molecule has 0 saturated carbocycles. The summed E-state index contributed by atoms with van der Waals surface area (Å²) in [4.78, 5) is 33.0. The Bertz CT molecular complexity index is 529. The Hall–Kier alpha value is -2.77. The standard InChI is InChI=1S/C12H14N2O6/c1-18-9-5-7(11(16)19-2)3-4-8(9)20-6-10(15)14-12(13)17/h3-5H,6H2,1-2H3,(H3,13,14,15,17). The van der Waals surface area contributed by atoms with Gasteiger partial charge in [0.05, 0.1) is 19.8 Å². The van der Waals surface area contributed by atoms with Gasteiger partial charge in [0, 0.05) is 0 Å². The maximum atomic E-state index is 11.3. The van der Waals surface area contributed by atoms with Gasteiger partial charge in [0.15, 0.2) is 18.1 Å². The van der Waals surface area contributed by atoms with Crippen LogP contribution in [-0.4, -0.2) is 38.7 Å². The summed E-state index contributed by atoms with van der Waals surface area (Å²) in [7, 11) is 2.64. The summed E-state index contributed by atoms with van der Waals surface area (Å²) in [5, 5.41) is 1.85. The van der Waals surface area contributed by atoms with Crippen molar-refractivity contribution in [3.63, 3.8) is 0 Å². The van der Waals surface area contributed by atoms with E-state index in [2.05, 4.69) is 4.74 Å². The van der Waals surface area contributed by atoms with Crippen molar-refractivity contribution in [2.24, 2.45) is 5.73 Å². The van der Waals surface area contributed by atoms with Crippen molar-refractivity contribution in [3.8, 4) is 11.5 Å². The molecule has 8 heteroatoms. The van der Waals surface area contributed by atoms with Gasteiger partial charge in [-0.25, -0.2) is 9.59 Å². The first-order chi connectivity index (χ1) is 9.47. The van der Waals surface area contributed by atoms with Crippen molar-refractivity contribution >= 4 is 17.9 Å². The second kappa shape index (κ2) is 6.98. The average Bonchev–Trinajstić information content (AvgIpc) is 2.43. The fourth-order valence-electron chi connectivity index (χ4n) is 1.35. The van der Waals surface area contributed by atoms with E-state index in [1.54, 1.807) is 0 Å². The molecule has 3 amide bonds. The second-order valence-corrected chi connectivity index (χ2v) is 3.56. The molecule has 1 rings (SSSR count). The monoisotopic (exact) mass is 282 g/mol. The summed E-state index contributed by atoms with van der Waals surface area (Å²) in [5.41, 5.74) is 5.06. The fraction of sp³-hybridized carbons (Fsp3) is 0.250. The molecule has 0 unspecified atom stereocenters. The van der Waals surface area contributed by atoms with Gasteiger partial charge in [-0.05, 0) is 18.2 Å². The fourth-order valence-corrected chi connectivity index (χ4v) is 1.35. The number of nitrogens with one attached hydrogen (secondary N) is 1. The topological polar surface area (TPSA) is 117 Å². The smallest absolute Gasteiger partial charge is 0.337 e. The van der Waals surface area contributed by atoms with Crippen LogP contribution in [0.3, 0.4) is 0 Å². The Balaban J connectivity index is 2.78. The third-order valence-electron chi connectivity index (χ3n) is 2.21. The third-order valence-corrected chi connectivity index (χ3v) is 2.21. The molecule has 1 aromatic carbocycles. The van der Waals surface area contributed by atoms with Crippen LogP contribution in [0.1, 0.15) is 10.4 Å². The average molecular weight is 282 g/mol. The summed E-state index contributed by atoms with van der Waals surface area (Å²) in [5.74, 6) is -0.738. The minimum atomic E-state index is -0.966. The van der Waals surface area contributed by atoms with Gasteiger partial charge in [-0.3, -0.25) is 10.1 Å². The van der Waals surface area contributed by atoms with Crippen molar-refractivity contribution in [3.05, 3.63) is 23.8 Å². The highest BCUT2D eigenvalue weighted by molar-refractivity contribution is 5.94. The molecule has 20 heavy (non-hydrogen) atoms. The van der Waals surface area contributed by atoms with Crippen LogP contribution in [-0.2, 0) is 9.53 Å². The van der Waals surface area contributed by atoms with Crippen molar-refractivity contribution in [1.29, 1.82) is 0 Å². The molecule has 108 valence electrons. The van der Waals surface area contributed by atoms with Crippen LogP contribution in [0, 0.1) is 0 Å². The van der Waals surface area contributed by atoms with E-state index in [-0.39, 0.29) is 17.1 Å². The van der Waals surface area contributed by atoms with Gasteiger partial charge in [-0.2, -0.15) is 0 Å². The number of carbonyl (C=O) groups is 3. The number of methoxy groups -OCH3 is 2. The Morgan fingerprint density at radius 1 is 1.20 bits per heavy atom. The number of carbonyl (C=O) groups excluding carboxylic acids is 3. The number of primary amides is 1. The zero-order valence-electron chi connectivity index (χ0n) is 11.0. The SMILES string of the molecule is COC(=O)c1ccc(OCC(=O)NC(N)=O)c(OC)c1. The molecule has 0 spiro atoms. The molecular weight excluding hydrogens is 268 g/mol. The summed E-state index contributed by atoms with van der Waals surface area (Å²) in [6.45, 7) is -0.420. The second-order valence-electron chi connectivity index (χ2n) is 3.56. The minimum absolute atomic E-state index is 0.236. The lowest BCUT2D eigenvalue weighted by Gasteiger charge is -2.11. The highest BCUT2D eigenvalue weighted by Gasteiger charge is 2.13. The van der Waals surface area contributed by atoms with Gasteiger partial charge in [0.2, 0.25) is 0 Å². The number of esters is 1. The zero-order valence-corrected chi connectivity index (χ0v) is 11.0. The highest BCUT2D eigenvalue weighted by atomic mass is 16.5. The molecule has 8 nitrogen and oxygen atoms in total. The summed E-state index contributed by atoms with van der Waals surface area (Å²) in [6, 6.07) is 3.34. The van der Waals surface area contributed by atoms with Crippen LogP contribution in [0.25, 0.3) is 0 Å². The summed E-state index contributed by atoms with van der Waals surface area (Å²) >= 11 is 0. The molecule has 0 atom stereocenters. The number of benzene rings is 1. The molecule has 0 aliphatic heterocycles. The minimum Gasteiger partial charge on any atom is -0.493 e. The molecule has 1 aromatic rings. The van der Waals surface area contributed by atoms with E-state index in [1.165, 1.54) is 32.4 Å². The highest BCUT2D eigenvalue weighted by Crippen LogP contribution is 2.28. The first-order valence-corrected chi connectivity index (χ1v) is 5.46. The lowest BCUT2D eigenvalue weighted by molar-refractivity contribution is -0.121. The van der Waals surface area contributed by atoms with Gasteiger partial charge in [0.1, 0.15) is 0 Å². The van der Waals surface area contributed by atoms with E-state index < -0.39 is 24.5 Å². The Kier molecular flexibility index (Phi) is 5.33. The van der Waals surface area contributed by atoms with Gasteiger partial charge < -0.3 is 19.9 Å². The van der Waals surface area contributed by atoms with Crippen molar-refractivity contribution in [2.45, 2.75) is 0 Å². The van der Waals surface area contributed by atoms with E-state index in [0.717, 1.165) is 0 Å². The number of ether oxygens (including phenoxy) is 3. The Labute approximate surface area is 114 Å². The van der Waals surface area contributed by atoms with Gasteiger partial charge in [0.25, 0.3) is 5.91 Å². The normalized spacial score (nSPS) is 9.50. The lowest BCUT2D eigenvalue weighted by atomic mass is 10.2. The number of hydrogen-bond donors (Lipinski definition) is 2. The van der Waals surface area contributed by atoms with Gasteiger partial charge in [-0.1, -0.05) is 0 Å². The predicted octanol–water partition coefficient (Wildman–Crippen LogP) is 0.0555.